The van der Waals surface area contributed by atoms with Crippen molar-refractivity contribution < 1.29 is 0 Å². The van der Waals surface area contributed by atoms with Crippen LogP contribution in [0.3, 0.4) is 0 Å². The van der Waals surface area contributed by atoms with Crippen LogP contribution < -0.4 is 11.1 Å². The lowest BCUT2D eigenvalue weighted by Crippen LogP contribution is -2.14. The maximum atomic E-state index is 5.56. The Morgan fingerprint density at radius 3 is 3.08 bits per heavy atom. The summed E-state index contributed by atoms with van der Waals surface area (Å²) < 4.78 is 0. The standard InChI is InChI=1S/C9H15N3S/c1-6-9(7-3-2-4-11-7)12-8(5-10)13-6/h7,11H,2-5,10H2,1H3. The van der Waals surface area contributed by atoms with Crippen molar-refractivity contribution in [1.29, 1.82) is 0 Å². The molecule has 0 amide bonds. The molecule has 1 aliphatic rings. The number of hydrogen-bond donors (Lipinski definition) is 2. The van der Waals surface area contributed by atoms with Gasteiger partial charge < -0.3 is 11.1 Å². The van der Waals surface area contributed by atoms with Gasteiger partial charge in [0.15, 0.2) is 0 Å². The first-order chi connectivity index (χ1) is 6.31. The van der Waals surface area contributed by atoms with Gasteiger partial charge in [-0.25, -0.2) is 4.98 Å². The molecule has 4 heteroatoms. The molecule has 0 radical (unpaired) electrons. The molecule has 3 N–H and O–H groups in total. The summed E-state index contributed by atoms with van der Waals surface area (Å²) >= 11 is 1.73. The first-order valence-corrected chi connectivity index (χ1v) is 5.52. The van der Waals surface area contributed by atoms with Gasteiger partial charge in [-0.15, -0.1) is 11.3 Å². The lowest BCUT2D eigenvalue weighted by Gasteiger charge is -2.06. The topological polar surface area (TPSA) is 50.9 Å². The molecule has 0 saturated carbocycles. The largest absolute Gasteiger partial charge is 0.325 e. The zero-order valence-corrected chi connectivity index (χ0v) is 8.66. The van der Waals surface area contributed by atoms with Gasteiger partial charge in [0, 0.05) is 11.4 Å². The Morgan fingerprint density at radius 1 is 1.69 bits per heavy atom. The highest BCUT2D eigenvalue weighted by Crippen LogP contribution is 2.28. The van der Waals surface area contributed by atoms with Crippen LogP contribution in [-0.4, -0.2) is 11.5 Å². The number of thiazole rings is 1. The molecule has 1 atom stereocenters. The predicted octanol–water partition coefficient (Wildman–Crippen LogP) is 1.33. The van der Waals surface area contributed by atoms with E-state index >= 15 is 0 Å². The van der Waals surface area contributed by atoms with Crippen LogP contribution in [0.4, 0.5) is 0 Å². The molecule has 3 nitrogen and oxygen atoms in total. The quantitative estimate of drug-likeness (QED) is 0.752. The second-order valence-electron chi connectivity index (χ2n) is 3.40. The Hall–Kier alpha value is -0.450. The van der Waals surface area contributed by atoms with Crippen LogP contribution >= 0.6 is 11.3 Å². The zero-order valence-electron chi connectivity index (χ0n) is 7.84. The fourth-order valence-electron chi connectivity index (χ4n) is 1.79. The smallest absolute Gasteiger partial charge is 0.107 e. The predicted molar refractivity (Wildman–Crippen MR) is 54.7 cm³/mol. The second kappa shape index (κ2) is 3.74. The van der Waals surface area contributed by atoms with Crippen LogP contribution in [0.2, 0.25) is 0 Å². The molecule has 1 aromatic rings. The van der Waals surface area contributed by atoms with Crippen molar-refractivity contribution in [3.8, 4) is 0 Å². The monoisotopic (exact) mass is 197 g/mol. The van der Waals surface area contributed by atoms with Crippen molar-refractivity contribution in [2.75, 3.05) is 6.54 Å². The Labute approximate surface area is 82.4 Å². The van der Waals surface area contributed by atoms with Gasteiger partial charge in [0.1, 0.15) is 5.01 Å². The molecular formula is C9H15N3S. The first kappa shape index (κ1) is 9.12. The number of nitrogens with two attached hydrogens (primary N) is 1. The molecule has 1 unspecified atom stereocenters. The molecule has 1 aromatic heterocycles. The highest BCUT2D eigenvalue weighted by Gasteiger charge is 2.21. The molecule has 0 bridgehead atoms. The lowest BCUT2D eigenvalue weighted by atomic mass is 10.1. The molecule has 0 aliphatic carbocycles. The second-order valence-corrected chi connectivity index (χ2v) is 4.69. The van der Waals surface area contributed by atoms with Crippen LogP contribution in [-0.2, 0) is 6.54 Å². The molecule has 2 heterocycles. The highest BCUT2D eigenvalue weighted by molar-refractivity contribution is 7.11. The van der Waals surface area contributed by atoms with E-state index < -0.39 is 0 Å². The van der Waals surface area contributed by atoms with E-state index in [0.29, 0.717) is 12.6 Å². The molecule has 1 saturated heterocycles. The summed E-state index contributed by atoms with van der Waals surface area (Å²) in [5.41, 5.74) is 6.78. The fourth-order valence-corrected chi connectivity index (χ4v) is 2.67. The van der Waals surface area contributed by atoms with Crippen LogP contribution in [0.25, 0.3) is 0 Å². The third kappa shape index (κ3) is 1.75. The third-order valence-electron chi connectivity index (χ3n) is 2.44. The maximum Gasteiger partial charge on any atom is 0.107 e. The molecule has 0 aromatic carbocycles. The van der Waals surface area contributed by atoms with Crippen LogP contribution in [0.5, 0.6) is 0 Å². The van der Waals surface area contributed by atoms with Gasteiger partial charge in [0.2, 0.25) is 0 Å². The zero-order chi connectivity index (χ0) is 9.26. The summed E-state index contributed by atoms with van der Waals surface area (Å²) in [5.74, 6) is 0. The summed E-state index contributed by atoms with van der Waals surface area (Å²) in [7, 11) is 0. The number of nitrogens with zero attached hydrogens (tertiary/aromatic N) is 1. The van der Waals surface area contributed by atoms with Crippen LogP contribution in [0.1, 0.15) is 34.5 Å². The maximum absolute atomic E-state index is 5.56. The minimum absolute atomic E-state index is 0.483. The van der Waals surface area contributed by atoms with Gasteiger partial charge in [-0.1, -0.05) is 0 Å². The van der Waals surface area contributed by atoms with E-state index in [4.69, 9.17) is 5.73 Å². The van der Waals surface area contributed by atoms with Crippen molar-refractivity contribution in [3.05, 3.63) is 15.6 Å². The summed E-state index contributed by atoms with van der Waals surface area (Å²) in [6.45, 7) is 3.82. The Morgan fingerprint density at radius 2 is 2.54 bits per heavy atom. The van der Waals surface area contributed by atoms with Crippen LogP contribution in [0.15, 0.2) is 0 Å². The van der Waals surface area contributed by atoms with Gasteiger partial charge in [0.05, 0.1) is 11.7 Å². The van der Waals surface area contributed by atoms with E-state index in [9.17, 15) is 0 Å². The van der Waals surface area contributed by atoms with Crippen molar-refractivity contribution in [3.63, 3.8) is 0 Å². The lowest BCUT2D eigenvalue weighted by molar-refractivity contribution is 0.626. The first-order valence-electron chi connectivity index (χ1n) is 4.71. The molecule has 72 valence electrons. The number of hydrogen-bond acceptors (Lipinski definition) is 4. The van der Waals surface area contributed by atoms with Crippen molar-refractivity contribution in [2.24, 2.45) is 5.73 Å². The number of rotatable bonds is 2. The Kier molecular flexibility index (Phi) is 2.62. The van der Waals surface area contributed by atoms with E-state index in [1.54, 1.807) is 11.3 Å². The molecule has 0 spiro atoms. The minimum Gasteiger partial charge on any atom is -0.325 e. The fraction of sp³-hybridized carbons (Fsp3) is 0.667. The molecular weight excluding hydrogens is 182 g/mol. The molecule has 1 aliphatic heterocycles. The Balaban J connectivity index is 2.22. The van der Waals surface area contributed by atoms with E-state index in [1.807, 2.05) is 0 Å². The van der Waals surface area contributed by atoms with Gasteiger partial charge >= 0.3 is 0 Å². The van der Waals surface area contributed by atoms with Gasteiger partial charge in [-0.3, -0.25) is 0 Å². The summed E-state index contributed by atoms with van der Waals surface area (Å²) in [4.78, 5) is 5.86. The average molecular weight is 197 g/mol. The molecule has 2 rings (SSSR count). The van der Waals surface area contributed by atoms with E-state index in [0.717, 1.165) is 11.6 Å². The minimum atomic E-state index is 0.483. The van der Waals surface area contributed by atoms with Crippen molar-refractivity contribution in [1.82, 2.24) is 10.3 Å². The van der Waals surface area contributed by atoms with Gasteiger partial charge in [-0.05, 0) is 26.3 Å². The van der Waals surface area contributed by atoms with E-state index in [1.165, 1.54) is 23.4 Å². The van der Waals surface area contributed by atoms with E-state index in [2.05, 4.69) is 17.2 Å². The molecule has 13 heavy (non-hydrogen) atoms. The van der Waals surface area contributed by atoms with Crippen molar-refractivity contribution in [2.45, 2.75) is 32.4 Å². The average Bonchev–Trinajstić information content (AvgIpc) is 2.72. The van der Waals surface area contributed by atoms with Gasteiger partial charge in [0.25, 0.3) is 0 Å². The third-order valence-corrected chi connectivity index (χ3v) is 3.45. The number of aromatic nitrogens is 1. The molecule has 1 fully saturated rings. The summed E-state index contributed by atoms with van der Waals surface area (Å²) in [6, 6.07) is 0.483. The normalized spacial score (nSPS) is 22.5. The SMILES string of the molecule is Cc1sc(CN)nc1C1CCCN1. The van der Waals surface area contributed by atoms with Gasteiger partial charge in [-0.2, -0.15) is 0 Å². The summed E-state index contributed by atoms with van der Waals surface area (Å²) in [5, 5.41) is 4.51. The Bertz CT molecular complexity index is 289. The summed E-state index contributed by atoms with van der Waals surface area (Å²) in [6.07, 6.45) is 2.48. The number of aryl methyl sites for hydroxylation is 1. The highest BCUT2D eigenvalue weighted by atomic mass is 32.1. The van der Waals surface area contributed by atoms with Crippen molar-refractivity contribution >= 4 is 11.3 Å². The van der Waals surface area contributed by atoms with E-state index in [-0.39, 0.29) is 0 Å². The van der Waals surface area contributed by atoms with Crippen LogP contribution in [0, 0.1) is 6.92 Å². The number of nitrogens with one attached hydrogen (secondary N) is 1.